The molecule has 2 saturated heterocycles. The fourth-order valence-corrected chi connectivity index (χ4v) is 4.54. The molecule has 0 spiro atoms. The van der Waals surface area contributed by atoms with Gasteiger partial charge in [0, 0.05) is 0 Å². The Balaban J connectivity index is 1.57. The molecular formula is C15H23N5O14P2. The van der Waals surface area contributed by atoms with Crippen molar-refractivity contribution in [3.63, 3.8) is 0 Å². The minimum atomic E-state index is -4.87. The predicted molar refractivity (Wildman–Crippen MR) is 109 cm³/mol. The zero-order valence-electron chi connectivity index (χ0n) is 17.9. The molecule has 202 valence electrons. The molecule has 4 rings (SSSR count). The van der Waals surface area contributed by atoms with Crippen LogP contribution in [-0.4, -0.2) is 109 Å². The van der Waals surface area contributed by atoms with E-state index in [0.29, 0.717) is 0 Å². The van der Waals surface area contributed by atoms with Gasteiger partial charge >= 0.3 is 15.6 Å². The summed E-state index contributed by atoms with van der Waals surface area (Å²) < 4.78 is 43.5. The Kier molecular flexibility index (Phi) is 7.52. The summed E-state index contributed by atoms with van der Waals surface area (Å²) in [4.78, 5) is 43.5. The summed E-state index contributed by atoms with van der Waals surface area (Å²) in [6.45, 7) is -1.47. The highest BCUT2D eigenvalue weighted by molar-refractivity contribution is 7.46. The summed E-state index contributed by atoms with van der Waals surface area (Å²) in [5, 5.41) is 49.5. The largest absolute Gasteiger partial charge is 0.469 e. The molecule has 0 unspecified atom stereocenters. The zero-order valence-corrected chi connectivity index (χ0v) is 19.7. The Morgan fingerprint density at radius 1 is 0.806 bits per heavy atom. The van der Waals surface area contributed by atoms with Crippen molar-refractivity contribution in [3.05, 3.63) is 18.1 Å². The van der Waals surface area contributed by atoms with Gasteiger partial charge in [-0.1, -0.05) is 0 Å². The quantitative estimate of drug-likeness (QED) is 0.140. The molecule has 9 N–H and O–H groups in total. The van der Waals surface area contributed by atoms with E-state index in [-0.39, 0.29) is 16.7 Å². The number of hydrogen-bond donors (Lipinski definition) is 9. The number of aromatic nitrogens is 4. The smallest absolute Gasteiger partial charge is 0.387 e. The van der Waals surface area contributed by atoms with Crippen LogP contribution in [0.5, 0.6) is 0 Å². The van der Waals surface area contributed by atoms with Gasteiger partial charge in [0.1, 0.15) is 43.0 Å². The van der Waals surface area contributed by atoms with E-state index in [1.165, 1.54) is 4.57 Å². The molecule has 2 fully saturated rings. The van der Waals surface area contributed by atoms with Crippen molar-refractivity contribution in [2.45, 2.75) is 49.1 Å². The van der Waals surface area contributed by atoms with Crippen LogP contribution in [0.25, 0.3) is 11.2 Å². The molecule has 2 aromatic heterocycles. The molecule has 21 heteroatoms. The van der Waals surface area contributed by atoms with E-state index in [1.807, 2.05) is 0 Å². The molecule has 2 aliphatic heterocycles. The monoisotopic (exact) mass is 559 g/mol. The number of imidazole rings is 1. The lowest BCUT2D eigenvalue weighted by molar-refractivity contribution is -0.0546. The van der Waals surface area contributed by atoms with Crippen LogP contribution >= 0.6 is 15.6 Å². The topological polar surface area (TPSA) is 292 Å². The van der Waals surface area contributed by atoms with Crippen LogP contribution in [0.4, 0.5) is 0 Å². The van der Waals surface area contributed by atoms with Crippen molar-refractivity contribution in [1.29, 1.82) is 5.41 Å². The third-order valence-electron chi connectivity index (χ3n) is 5.59. The van der Waals surface area contributed by atoms with Crippen molar-refractivity contribution < 1.29 is 67.7 Å². The third kappa shape index (κ3) is 5.45. The van der Waals surface area contributed by atoms with Gasteiger partial charge < -0.3 is 49.5 Å². The maximum Gasteiger partial charge on any atom is 0.469 e. The van der Waals surface area contributed by atoms with Gasteiger partial charge in [-0.15, -0.1) is 0 Å². The van der Waals surface area contributed by atoms with Crippen molar-refractivity contribution >= 4 is 26.8 Å². The fourth-order valence-electron chi connectivity index (χ4n) is 3.86. The Hall–Kier alpha value is -1.67. The van der Waals surface area contributed by atoms with Gasteiger partial charge in [-0.05, 0) is 0 Å². The highest BCUT2D eigenvalue weighted by Crippen LogP contribution is 2.39. The standard InChI is InChI=1S/C15H23N5O14P2/c16-12-7-13(18-4-19(12)14-10(23)8(21)5(33-14)1-31-35(25,26)27)20(3-17-7)15-11(24)9(22)6(34-15)2-32-36(28,29)30/h3-6,8-11,14-16,21-24H,1-2H2,(H2,25,26,27)(H2,28,29,30)/t5-,6+,8-,9-,10+,11-,14+,15-/m0/s1. The van der Waals surface area contributed by atoms with E-state index in [9.17, 15) is 29.6 Å². The Labute approximate surface area is 200 Å². The van der Waals surface area contributed by atoms with E-state index in [2.05, 4.69) is 19.0 Å². The van der Waals surface area contributed by atoms with E-state index in [0.717, 1.165) is 17.2 Å². The highest BCUT2D eigenvalue weighted by atomic mass is 31.2. The second kappa shape index (κ2) is 9.90. The maximum atomic E-state index is 10.9. The molecule has 0 aliphatic carbocycles. The van der Waals surface area contributed by atoms with Crippen LogP contribution in [0.2, 0.25) is 0 Å². The number of aliphatic hydroxyl groups is 4. The lowest BCUT2D eigenvalue weighted by Crippen LogP contribution is -2.36. The summed E-state index contributed by atoms with van der Waals surface area (Å²) in [7, 11) is -9.73. The summed E-state index contributed by atoms with van der Waals surface area (Å²) in [5.74, 6) is 0. The number of nitrogens with one attached hydrogen (secondary N) is 1. The van der Waals surface area contributed by atoms with Gasteiger partial charge in [0.05, 0.1) is 19.5 Å². The van der Waals surface area contributed by atoms with Crippen LogP contribution in [0.3, 0.4) is 0 Å². The second-order valence-corrected chi connectivity index (χ2v) is 10.5. The van der Waals surface area contributed by atoms with Crippen molar-refractivity contribution in [2.75, 3.05) is 13.2 Å². The molecule has 0 radical (unpaired) electrons. The number of phosphoric ester groups is 2. The highest BCUT2D eigenvalue weighted by Gasteiger charge is 2.46. The number of fused-ring (bicyclic) bond motifs is 1. The lowest BCUT2D eigenvalue weighted by Gasteiger charge is -2.19. The zero-order chi connectivity index (χ0) is 26.6. The first-order chi connectivity index (χ1) is 16.7. The SMILES string of the molecule is N=c1c2ncn([C@H]3O[C@H](COP(=O)(O)O)[C@H](O)[C@@H]3O)c2ncn1[C@@H]1O[C@@H](COP(=O)(O)O)[C@H](O)[C@H]1O. The second-order valence-electron chi connectivity index (χ2n) is 7.99. The average molecular weight is 559 g/mol. The molecule has 36 heavy (non-hydrogen) atoms. The van der Waals surface area contributed by atoms with E-state index >= 15 is 0 Å². The minimum absolute atomic E-state index is 0.0153. The minimum Gasteiger partial charge on any atom is -0.387 e. The van der Waals surface area contributed by atoms with Crippen LogP contribution in [-0.2, 0) is 27.7 Å². The molecule has 0 bridgehead atoms. The first kappa shape index (κ1) is 27.4. The van der Waals surface area contributed by atoms with E-state index < -0.39 is 77.9 Å². The third-order valence-corrected chi connectivity index (χ3v) is 6.56. The fraction of sp³-hybridized carbons (Fsp3) is 0.667. The summed E-state index contributed by atoms with van der Waals surface area (Å²) >= 11 is 0. The Morgan fingerprint density at radius 3 is 1.72 bits per heavy atom. The maximum absolute atomic E-state index is 10.9. The van der Waals surface area contributed by atoms with Crippen LogP contribution in [0, 0.1) is 5.41 Å². The van der Waals surface area contributed by atoms with Crippen LogP contribution in [0.15, 0.2) is 12.7 Å². The number of phosphoric acid groups is 2. The van der Waals surface area contributed by atoms with Crippen LogP contribution in [0.1, 0.15) is 12.5 Å². The molecule has 0 aromatic carbocycles. The van der Waals surface area contributed by atoms with E-state index in [1.54, 1.807) is 0 Å². The van der Waals surface area contributed by atoms with E-state index in [4.69, 9.17) is 34.5 Å². The molecule has 19 nitrogen and oxygen atoms in total. The number of ether oxygens (including phenoxy) is 2. The van der Waals surface area contributed by atoms with Gasteiger partial charge in [-0.2, -0.15) is 0 Å². The Morgan fingerprint density at radius 2 is 1.25 bits per heavy atom. The number of hydrogen-bond acceptors (Lipinski definition) is 13. The van der Waals surface area contributed by atoms with Crippen molar-refractivity contribution in [2.24, 2.45) is 0 Å². The summed E-state index contributed by atoms with van der Waals surface area (Å²) in [6, 6.07) is 0. The lowest BCUT2D eigenvalue weighted by atomic mass is 10.1. The first-order valence-corrected chi connectivity index (χ1v) is 13.2. The molecule has 0 saturated carbocycles. The van der Waals surface area contributed by atoms with Gasteiger partial charge in [0.15, 0.2) is 29.1 Å². The van der Waals surface area contributed by atoms with Gasteiger partial charge in [0.2, 0.25) is 0 Å². The Bertz CT molecular complexity index is 1260. The number of aliphatic hydroxyl groups excluding tert-OH is 4. The molecule has 8 atom stereocenters. The van der Waals surface area contributed by atoms with Gasteiger partial charge in [-0.25, -0.2) is 19.1 Å². The molecular weight excluding hydrogens is 536 g/mol. The van der Waals surface area contributed by atoms with Crippen molar-refractivity contribution in [1.82, 2.24) is 19.1 Å². The first-order valence-electron chi connectivity index (χ1n) is 10.1. The molecule has 2 aromatic rings. The van der Waals surface area contributed by atoms with Crippen LogP contribution < -0.4 is 5.49 Å². The molecule has 2 aliphatic rings. The summed E-state index contributed by atoms with van der Waals surface area (Å²) in [5.41, 5.74) is -0.475. The van der Waals surface area contributed by atoms with Gasteiger partial charge in [-0.3, -0.25) is 23.6 Å². The number of rotatable bonds is 8. The normalized spacial score (nSPS) is 33.6. The number of nitrogens with zero attached hydrogens (tertiary/aromatic N) is 4. The van der Waals surface area contributed by atoms with Gasteiger partial charge in [0.25, 0.3) is 0 Å². The molecule has 0 amide bonds. The molecule has 4 heterocycles. The van der Waals surface area contributed by atoms with Crippen molar-refractivity contribution in [3.8, 4) is 0 Å². The average Bonchev–Trinajstić information content (AvgIpc) is 3.41. The summed E-state index contributed by atoms with van der Waals surface area (Å²) in [6.07, 6.45) is -9.60. The predicted octanol–water partition coefficient (Wildman–Crippen LogP) is -3.83.